The Morgan fingerprint density at radius 3 is 2.74 bits per heavy atom. The van der Waals surface area contributed by atoms with E-state index in [-0.39, 0.29) is 0 Å². The second-order valence-corrected chi connectivity index (χ2v) is 5.40. The van der Waals surface area contributed by atoms with Gasteiger partial charge in [0.1, 0.15) is 5.54 Å². The van der Waals surface area contributed by atoms with Gasteiger partial charge in [-0.25, -0.2) is 9.78 Å². The molecule has 2 N–H and O–H groups in total. The van der Waals surface area contributed by atoms with Crippen LogP contribution in [0.3, 0.4) is 0 Å². The highest BCUT2D eigenvalue weighted by molar-refractivity contribution is 5.82. The van der Waals surface area contributed by atoms with E-state index in [2.05, 4.69) is 17.2 Å². The van der Waals surface area contributed by atoms with Crippen molar-refractivity contribution in [1.29, 1.82) is 0 Å². The average molecular weight is 265 g/mol. The molecule has 0 radical (unpaired) electrons. The molecule has 19 heavy (non-hydrogen) atoms. The maximum atomic E-state index is 11.7. The molecule has 1 aromatic heterocycles. The molecule has 1 aliphatic rings. The minimum atomic E-state index is -0.843. The Morgan fingerprint density at radius 2 is 2.21 bits per heavy atom. The molecule has 1 heterocycles. The maximum absolute atomic E-state index is 11.7. The van der Waals surface area contributed by atoms with E-state index < -0.39 is 11.5 Å². The highest BCUT2D eigenvalue weighted by atomic mass is 16.4. The van der Waals surface area contributed by atoms with Crippen LogP contribution in [0.5, 0.6) is 0 Å². The second kappa shape index (κ2) is 5.63. The molecule has 0 spiro atoms. The summed E-state index contributed by atoms with van der Waals surface area (Å²) in [4.78, 5) is 15.9. The predicted molar refractivity (Wildman–Crippen MR) is 74.1 cm³/mol. The van der Waals surface area contributed by atoms with E-state index in [0.717, 1.165) is 25.8 Å². The van der Waals surface area contributed by atoms with Crippen LogP contribution in [0.4, 0.5) is 5.95 Å². The van der Waals surface area contributed by atoms with Crippen molar-refractivity contribution in [3.63, 3.8) is 0 Å². The minimum Gasteiger partial charge on any atom is -0.480 e. The van der Waals surface area contributed by atoms with E-state index in [9.17, 15) is 9.90 Å². The maximum Gasteiger partial charge on any atom is 0.329 e. The fourth-order valence-corrected chi connectivity index (χ4v) is 2.87. The van der Waals surface area contributed by atoms with Gasteiger partial charge in [0.05, 0.1) is 0 Å². The lowest BCUT2D eigenvalue weighted by molar-refractivity contribution is -0.143. The summed E-state index contributed by atoms with van der Waals surface area (Å²) in [6, 6.07) is 0. The molecule has 1 aromatic rings. The van der Waals surface area contributed by atoms with Crippen LogP contribution in [-0.2, 0) is 11.3 Å². The smallest absolute Gasteiger partial charge is 0.329 e. The Balaban J connectivity index is 2.15. The van der Waals surface area contributed by atoms with Crippen molar-refractivity contribution in [3.05, 3.63) is 12.4 Å². The molecule has 0 aliphatic heterocycles. The monoisotopic (exact) mass is 265 g/mol. The lowest BCUT2D eigenvalue weighted by atomic mass is 9.75. The third-order valence-electron chi connectivity index (χ3n) is 4.35. The van der Waals surface area contributed by atoms with Gasteiger partial charge in [0.15, 0.2) is 0 Å². The summed E-state index contributed by atoms with van der Waals surface area (Å²) in [5.41, 5.74) is -0.843. The number of carbonyl (C=O) groups is 1. The number of carboxylic acids is 1. The molecule has 1 fully saturated rings. The number of nitrogens with zero attached hydrogens (tertiary/aromatic N) is 2. The van der Waals surface area contributed by atoms with Gasteiger partial charge in [-0.2, -0.15) is 0 Å². The summed E-state index contributed by atoms with van der Waals surface area (Å²) in [5, 5.41) is 12.8. The first-order valence-corrected chi connectivity index (χ1v) is 7.14. The van der Waals surface area contributed by atoms with E-state index in [1.807, 2.05) is 17.7 Å². The van der Waals surface area contributed by atoms with Crippen molar-refractivity contribution in [1.82, 2.24) is 9.55 Å². The lowest BCUT2D eigenvalue weighted by Gasteiger charge is -2.37. The van der Waals surface area contributed by atoms with E-state index in [4.69, 9.17) is 0 Å². The number of hydrogen-bond acceptors (Lipinski definition) is 3. The van der Waals surface area contributed by atoms with Gasteiger partial charge in [-0.3, -0.25) is 0 Å². The van der Waals surface area contributed by atoms with Crippen molar-refractivity contribution in [3.8, 4) is 0 Å². The van der Waals surface area contributed by atoms with Crippen LogP contribution >= 0.6 is 0 Å². The lowest BCUT2D eigenvalue weighted by Crippen LogP contribution is -2.49. The van der Waals surface area contributed by atoms with Crippen LogP contribution in [0.2, 0.25) is 0 Å². The summed E-state index contributed by atoms with van der Waals surface area (Å²) in [6.45, 7) is 4.99. The molecular weight excluding hydrogens is 242 g/mol. The Kier molecular flexibility index (Phi) is 4.12. The second-order valence-electron chi connectivity index (χ2n) is 5.40. The molecule has 0 bridgehead atoms. The summed E-state index contributed by atoms with van der Waals surface area (Å²) in [6.07, 6.45) is 8.02. The molecule has 106 valence electrons. The Bertz CT molecular complexity index is 434. The summed E-state index contributed by atoms with van der Waals surface area (Å²) >= 11 is 0. The van der Waals surface area contributed by atoms with Gasteiger partial charge in [0.2, 0.25) is 5.95 Å². The van der Waals surface area contributed by atoms with E-state index in [1.165, 1.54) is 0 Å². The molecule has 0 unspecified atom stereocenters. The average Bonchev–Trinajstić information content (AvgIpc) is 2.86. The molecule has 5 heteroatoms. The van der Waals surface area contributed by atoms with Gasteiger partial charge in [-0.1, -0.05) is 13.3 Å². The van der Waals surface area contributed by atoms with Gasteiger partial charge >= 0.3 is 5.97 Å². The quantitative estimate of drug-likeness (QED) is 0.859. The third kappa shape index (κ3) is 2.74. The van der Waals surface area contributed by atoms with E-state index in [1.54, 1.807) is 6.20 Å². The van der Waals surface area contributed by atoms with Crippen LogP contribution in [-0.4, -0.2) is 26.2 Å². The molecule has 1 saturated carbocycles. The van der Waals surface area contributed by atoms with Crippen molar-refractivity contribution < 1.29 is 9.90 Å². The van der Waals surface area contributed by atoms with Crippen LogP contribution < -0.4 is 5.32 Å². The van der Waals surface area contributed by atoms with Gasteiger partial charge in [0, 0.05) is 18.9 Å². The van der Waals surface area contributed by atoms with Gasteiger partial charge in [0.25, 0.3) is 0 Å². The SMILES string of the molecule is CCC1CCC(Nc2nccn2CC)(C(=O)O)CC1. The molecule has 0 atom stereocenters. The fraction of sp³-hybridized carbons (Fsp3) is 0.714. The summed E-state index contributed by atoms with van der Waals surface area (Å²) in [7, 11) is 0. The fourth-order valence-electron chi connectivity index (χ4n) is 2.87. The Morgan fingerprint density at radius 1 is 1.53 bits per heavy atom. The Hall–Kier alpha value is -1.52. The van der Waals surface area contributed by atoms with E-state index in [0.29, 0.717) is 24.7 Å². The number of rotatable bonds is 5. The number of imidazole rings is 1. The first-order chi connectivity index (χ1) is 9.11. The van der Waals surface area contributed by atoms with Crippen molar-refractivity contribution >= 4 is 11.9 Å². The van der Waals surface area contributed by atoms with Crippen LogP contribution in [0.25, 0.3) is 0 Å². The first kappa shape index (κ1) is 13.9. The third-order valence-corrected chi connectivity index (χ3v) is 4.35. The summed E-state index contributed by atoms with van der Waals surface area (Å²) in [5.74, 6) is 0.577. The first-order valence-electron chi connectivity index (χ1n) is 7.14. The molecule has 1 aliphatic carbocycles. The molecule has 0 amide bonds. The zero-order valence-corrected chi connectivity index (χ0v) is 11.7. The zero-order valence-electron chi connectivity index (χ0n) is 11.7. The van der Waals surface area contributed by atoms with Gasteiger partial charge < -0.3 is 15.0 Å². The van der Waals surface area contributed by atoms with Crippen LogP contribution in [0, 0.1) is 5.92 Å². The number of aliphatic carboxylic acids is 1. The highest BCUT2D eigenvalue weighted by Crippen LogP contribution is 2.36. The number of carboxylic acid groups (broad SMARTS) is 1. The normalized spacial score (nSPS) is 27.2. The zero-order chi connectivity index (χ0) is 13.9. The number of aromatic nitrogens is 2. The predicted octanol–water partition coefficient (Wildman–Crippen LogP) is 2.74. The van der Waals surface area contributed by atoms with Crippen LogP contribution in [0.1, 0.15) is 46.0 Å². The minimum absolute atomic E-state index is 0.667. The molecule has 2 rings (SSSR count). The van der Waals surface area contributed by atoms with Gasteiger partial charge in [-0.05, 0) is 38.5 Å². The highest BCUT2D eigenvalue weighted by Gasteiger charge is 2.42. The topological polar surface area (TPSA) is 67.2 Å². The van der Waals surface area contributed by atoms with Crippen molar-refractivity contribution in [2.45, 2.75) is 58.0 Å². The molecular formula is C14H23N3O2. The Labute approximate surface area is 114 Å². The standard InChI is InChI=1S/C14H23N3O2/c1-3-11-5-7-14(8-6-11,12(18)19)16-13-15-9-10-17(13)4-2/h9-11H,3-8H2,1-2H3,(H,15,16)(H,18,19). The van der Waals surface area contributed by atoms with Crippen molar-refractivity contribution in [2.24, 2.45) is 5.92 Å². The van der Waals surface area contributed by atoms with E-state index >= 15 is 0 Å². The number of hydrogen-bond donors (Lipinski definition) is 2. The molecule has 0 saturated heterocycles. The number of anilines is 1. The van der Waals surface area contributed by atoms with Crippen molar-refractivity contribution in [2.75, 3.05) is 5.32 Å². The molecule has 5 nitrogen and oxygen atoms in total. The van der Waals surface area contributed by atoms with Crippen LogP contribution in [0.15, 0.2) is 12.4 Å². The largest absolute Gasteiger partial charge is 0.480 e. The number of nitrogens with one attached hydrogen (secondary N) is 1. The van der Waals surface area contributed by atoms with Gasteiger partial charge in [-0.15, -0.1) is 0 Å². The molecule has 0 aromatic carbocycles. The number of aryl methyl sites for hydroxylation is 1. The summed E-state index contributed by atoms with van der Waals surface area (Å²) < 4.78 is 1.94.